The average molecular weight is 377 g/mol. The number of aromatic nitrogens is 1. The maximum Gasteiger partial charge on any atom is 0.433 e. The zero-order valence-electron chi connectivity index (χ0n) is 13.7. The second-order valence-electron chi connectivity index (χ2n) is 6.63. The molecule has 1 saturated carbocycles. The average Bonchev–Trinajstić information content (AvgIpc) is 2.58. The lowest BCUT2D eigenvalue weighted by molar-refractivity contribution is -0.142. The number of fused-ring (bicyclic) bond motifs is 1. The minimum absolute atomic E-state index is 0.0918. The third kappa shape index (κ3) is 3.65. The maximum absolute atomic E-state index is 13.2. The third-order valence-electron chi connectivity index (χ3n) is 4.90. The molecule has 2 nitrogen and oxygen atoms in total. The Kier molecular flexibility index (Phi) is 4.90. The SMILES string of the molecule is OC(c1ccc(C(F)(F)F)c2nc(C(F)(F)F)ccc12)C1CCCCC1. The van der Waals surface area contributed by atoms with Gasteiger partial charge in [-0.3, -0.25) is 0 Å². The summed E-state index contributed by atoms with van der Waals surface area (Å²) in [4.78, 5) is 3.24. The van der Waals surface area contributed by atoms with Crippen LogP contribution >= 0.6 is 0 Å². The largest absolute Gasteiger partial charge is 0.433 e. The summed E-state index contributed by atoms with van der Waals surface area (Å²) in [6.45, 7) is 0. The fourth-order valence-corrected chi connectivity index (χ4v) is 3.59. The van der Waals surface area contributed by atoms with E-state index in [1.165, 1.54) is 0 Å². The number of rotatable bonds is 2. The Hall–Kier alpha value is -1.83. The quantitative estimate of drug-likeness (QED) is 0.663. The Balaban J connectivity index is 2.16. The van der Waals surface area contributed by atoms with Crippen molar-refractivity contribution >= 4 is 10.9 Å². The molecule has 2 aromatic rings. The van der Waals surface area contributed by atoms with Crippen LogP contribution in [0.2, 0.25) is 0 Å². The monoisotopic (exact) mass is 377 g/mol. The van der Waals surface area contributed by atoms with Gasteiger partial charge in [0.05, 0.1) is 17.2 Å². The molecule has 0 spiro atoms. The van der Waals surface area contributed by atoms with Crippen molar-refractivity contribution in [3.63, 3.8) is 0 Å². The van der Waals surface area contributed by atoms with Crippen molar-refractivity contribution in [2.24, 2.45) is 5.92 Å². The molecule has 1 atom stereocenters. The predicted molar refractivity (Wildman–Crippen MR) is 83.3 cm³/mol. The first-order chi connectivity index (χ1) is 12.1. The summed E-state index contributed by atoms with van der Waals surface area (Å²) in [5.41, 5.74) is -3.21. The first-order valence-corrected chi connectivity index (χ1v) is 8.35. The Morgan fingerprint density at radius 2 is 1.54 bits per heavy atom. The van der Waals surface area contributed by atoms with E-state index < -0.39 is 35.2 Å². The van der Waals surface area contributed by atoms with E-state index in [4.69, 9.17) is 0 Å². The summed E-state index contributed by atoms with van der Waals surface area (Å²) in [5.74, 6) is -0.119. The first kappa shape index (κ1) is 18.9. The summed E-state index contributed by atoms with van der Waals surface area (Å²) in [6, 6.07) is 3.48. The highest BCUT2D eigenvalue weighted by Crippen LogP contribution is 2.41. The summed E-state index contributed by atoms with van der Waals surface area (Å²) >= 11 is 0. The lowest BCUT2D eigenvalue weighted by Crippen LogP contribution is -2.17. The topological polar surface area (TPSA) is 33.1 Å². The number of alkyl halides is 6. The van der Waals surface area contributed by atoms with Gasteiger partial charge in [-0.15, -0.1) is 0 Å². The molecule has 8 heteroatoms. The van der Waals surface area contributed by atoms with E-state index >= 15 is 0 Å². The maximum atomic E-state index is 13.2. The highest BCUT2D eigenvalue weighted by atomic mass is 19.4. The van der Waals surface area contributed by atoms with Gasteiger partial charge in [0.15, 0.2) is 0 Å². The normalized spacial score (nSPS) is 18.3. The number of pyridine rings is 1. The number of halogens is 6. The van der Waals surface area contributed by atoms with E-state index in [0.717, 1.165) is 44.2 Å². The number of hydrogen-bond donors (Lipinski definition) is 1. The zero-order chi connectivity index (χ0) is 19.1. The van der Waals surface area contributed by atoms with E-state index in [2.05, 4.69) is 4.98 Å². The summed E-state index contributed by atoms with van der Waals surface area (Å²) in [5, 5.41) is 10.5. The van der Waals surface area contributed by atoms with Gasteiger partial charge in [0.2, 0.25) is 0 Å². The smallest absolute Gasteiger partial charge is 0.388 e. The van der Waals surface area contributed by atoms with Crippen LogP contribution in [0.3, 0.4) is 0 Å². The summed E-state index contributed by atoms with van der Waals surface area (Å²) in [7, 11) is 0. The molecule has 1 aromatic carbocycles. The lowest BCUT2D eigenvalue weighted by atomic mass is 9.81. The van der Waals surface area contributed by atoms with E-state index in [9.17, 15) is 31.4 Å². The Bertz CT molecular complexity index is 793. The van der Waals surface area contributed by atoms with Crippen LogP contribution in [0, 0.1) is 5.92 Å². The first-order valence-electron chi connectivity index (χ1n) is 8.35. The van der Waals surface area contributed by atoms with Gasteiger partial charge in [-0.25, -0.2) is 4.98 Å². The fourth-order valence-electron chi connectivity index (χ4n) is 3.59. The standard InChI is InChI=1S/C18H17F6NO/c19-17(20,21)13-8-6-12(16(26)10-4-2-1-3-5-10)11-7-9-14(18(22,23)24)25-15(11)13/h6-10,16,26H,1-5H2. The van der Waals surface area contributed by atoms with Crippen LogP contribution in [0.1, 0.15) is 55.0 Å². The van der Waals surface area contributed by atoms with E-state index in [1.54, 1.807) is 0 Å². The molecular formula is C18H17F6NO. The van der Waals surface area contributed by atoms with Gasteiger partial charge in [0.25, 0.3) is 0 Å². The van der Waals surface area contributed by atoms with Crippen LogP contribution in [0.25, 0.3) is 10.9 Å². The van der Waals surface area contributed by atoms with Gasteiger partial charge in [-0.2, -0.15) is 26.3 Å². The molecule has 0 amide bonds. The van der Waals surface area contributed by atoms with Crippen LogP contribution in [0.15, 0.2) is 24.3 Å². The Labute approximate surface area is 145 Å². The van der Waals surface area contributed by atoms with Gasteiger partial charge in [0, 0.05) is 5.39 Å². The molecule has 142 valence electrons. The fraction of sp³-hybridized carbons (Fsp3) is 0.500. The third-order valence-corrected chi connectivity index (χ3v) is 4.90. The molecule has 3 rings (SSSR count). The van der Waals surface area contributed by atoms with Crippen molar-refractivity contribution in [2.45, 2.75) is 50.6 Å². The van der Waals surface area contributed by atoms with Gasteiger partial charge < -0.3 is 5.11 Å². The van der Waals surface area contributed by atoms with Crippen LogP contribution in [-0.4, -0.2) is 10.1 Å². The molecule has 1 aromatic heterocycles. The van der Waals surface area contributed by atoms with Crippen LogP contribution in [0.5, 0.6) is 0 Å². The van der Waals surface area contributed by atoms with Crippen molar-refractivity contribution in [3.8, 4) is 0 Å². The lowest BCUT2D eigenvalue weighted by Gasteiger charge is -2.28. The molecule has 0 aliphatic heterocycles. The van der Waals surface area contributed by atoms with E-state index in [1.807, 2.05) is 0 Å². The van der Waals surface area contributed by atoms with Crippen LogP contribution in [0.4, 0.5) is 26.3 Å². The van der Waals surface area contributed by atoms with Gasteiger partial charge in [0.1, 0.15) is 5.69 Å². The minimum Gasteiger partial charge on any atom is -0.388 e. The van der Waals surface area contributed by atoms with Gasteiger partial charge in [-0.1, -0.05) is 31.4 Å². The minimum atomic E-state index is -4.85. The second kappa shape index (κ2) is 6.72. The number of benzene rings is 1. The highest BCUT2D eigenvalue weighted by molar-refractivity contribution is 5.86. The molecule has 1 unspecified atom stereocenters. The molecule has 26 heavy (non-hydrogen) atoms. The molecule has 0 radical (unpaired) electrons. The number of hydrogen-bond acceptors (Lipinski definition) is 2. The van der Waals surface area contributed by atoms with Crippen LogP contribution < -0.4 is 0 Å². The zero-order valence-corrected chi connectivity index (χ0v) is 13.7. The Morgan fingerprint density at radius 1 is 0.885 bits per heavy atom. The number of aliphatic hydroxyl groups is 1. The second-order valence-corrected chi connectivity index (χ2v) is 6.63. The van der Waals surface area contributed by atoms with Crippen molar-refractivity contribution in [1.29, 1.82) is 0 Å². The van der Waals surface area contributed by atoms with E-state index in [-0.39, 0.29) is 16.9 Å². The van der Waals surface area contributed by atoms with Gasteiger partial charge in [-0.05, 0) is 36.5 Å². The van der Waals surface area contributed by atoms with Crippen molar-refractivity contribution in [1.82, 2.24) is 4.98 Å². The van der Waals surface area contributed by atoms with E-state index in [0.29, 0.717) is 12.1 Å². The van der Waals surface area contributed by atoms with Crippen molar-refractivity contribution in [2.75, 3.05) is 0 Å². The Morgan fingerprint density at radius 3 is 2.12 bits per heavy atom. The predicted octanol–water partition coefficient (Wildman–Crippen LogP) is 5.89. The molecule has 0 saturated heterocycles. The molecule has 0 bridgehead atoms. The van der Waals surface area contributed by atoms with Gasteiger partial charge >= 0.3 is 12.4 Å². The molecule has 1 aliphatic carbocycles. The molecule has 1 heterocycles. The van der Waals surface area contributed by atoms with Crippen LogP contribution in [-0.2, 0) is 12.4 Å². The van der Waals surface area contributed by atoms with Crippen molar-refractivity contribution < 1.29 is 31.4 Å². The number of nitrogens with zero attached hydrogens (tertiary/aromatic N) is 1. The number of aliphatic hydroxyl groups excluding tert-OH is 1. The molecule has 1 N–H and O–H groups in total. The summed E-state index contributed by atoms with van der Waals surface area (Å²) in [6.07, 6.45) is -6.39. The molecular weight excluding hydrogens is 360 g/mol. The van der Waals surface area contributed by atoms with Crippen molar-refractivity contribution in [3.05, 3.63) is 41.1 Å². The summed E-state index contributed by atoms with van der Waals surface area (Å²) < 4.78 is 78.5. The highest BCUT2D eigenvalue weighted by Gasteiger charge is 2.37. The molecule has 1 aliphatic rings. The molecule has 1 fully saturated rings.